The van der Waals surface area contributed by atoms with Gasteiger partial charge in [0.1, 0.15) is 11.6 Å². The van der Waals surface area contributed by atoms with E-state index < -0.39 is 0 Å². The molecule has 1 heterocycles. The molecule has 2 aromatic rings. The molecular formula is C19H28ClFN4. The van der Waals surface area contributed by atoms with E-state index in [1.807, 2.05) is 17.8 Å². The van der Waals surface area contributed by atoms with Crippen LogP contribution in [0.15, 0.2) is 18.2 Å². The SMILES string of the molecule is CC(C)c1nn(C)c(N(C)C)c1CNC1CCc2cc(F)ccc21.Cl. The molecule has 6 heteroatoms. The third-order valence-corrected chi connectivity index (χ3v) is 4.82. The Labute approximate surface area is 155 Å². The molecule has 1 aliphatic carbocycles. The Kier molecular flexibility index (Phi) is 6.12. The van der Waals surface area contributed by atoms with Crippen molar-refractivity contribution in [2.24, 2.45) is 7.05 Å². The zero-order valence-corrected chi connectivity index (χ0v) is 16.5. The summed E-state index contributed by atoms with van der Waals surface area (Å²) in [7, 11) is 6.11. The molecule has 1 aliphatic rings. The molecule has 1 aromatic carbocycles. The molecule has 0 amide bonds. The summed E-state index contributed by atoms with van der Waals surface area (Å²) in [6.45, 7) is 5.13. The second-order valence-corrected chi connectivity index (χ2v) is 7.18. The van der Waals surface area contributed by atoms with Crippen molar-refractivity contribution in [2.75, 3.05) is 19.0 Å². The monoisotopic (exact) mass is 366 g/mol. The van der Waals surface area contributed by atoms with Gasteiger partial charge in [-0.2, -0.15) is 5.10 Å². The van der Waals surface area contributed by atoms with Crippen LogP contribution >= 0.6 is 12.4 Å². The molecule has 1 atom stereocenters. The lowest BCUT2D eigenvalue weighted by Crippen LogP contribution is -2.22. The first-order chi connectivity index (χ1) is 11.4. The molecule has 0 spiro atoms. The van der Waals surface area contributed by atoms with E-state index in [2.05, 4.69) is 38.2 Å². The Morgan fingerprint density at radius 2 is 2.08 bits per heavy atom. The first-order valence-corrected chi connectivity index (χ1v) is 8.63. The van der Waals surface area contributed by atoms with Gasteiger partial charge in [-0.05, 0) is 42.0 Å². The number of halogens is 2. The number of fused-ring (bicyclic) bond motifs is 1. The Morgan fingerprint density at radius 3 is 2.72 bits per heavy atom. The summed E-state index contributed by atoms with van der Waals surface area (Å²) >= 11 is 0. The molecular weight excluding hydrogens is 339 g/mol. The molecule has 25 heavy (non-hydrogen) atoms. The molecule has 0 saturated heterocycles. The van der Waals surface area contributed by atoms with Gasteiger partial charge in [-0.3, -0.25) is 4.68 Å². The number of hydrogen-bond acceptors (Lipinski definition) is 3. The topological polar surface area (TPSA) is 33.1 Å². The van der Waals surface area contributed by atoms with Gasteiger partial charge >= 0.3 is 0 Å². The highest BCUT2D eigenvalue weighted by Crippen LogP contribution is 2.33. The van der Waals surface area contributed by atoms with Crippen LogP contribution in [-0.2, 0) is 20.0 Å². The molecule has 1 unspecified atom stereocenters. The minimum atomic E-state index is -0.140. The Balaban J connectivity index is 0.00000225. The van der Waals surface area contributed by atoms with E-state index >= 15 is 0 Å². The van der Waals surface area contributed by atoms with E-state index in [1.165, 1.54) is 11.1 Å². The number of benzene rings is 1. The van der Waals surface area contributed by atoms with Crippen LogP contribution in [0.3, 0.4) is 0 Å². The second kappa shape index (κ2) is 7.75. The molecule has 1 N–H and O–H groups in total. The molecule has 1 aromatic heterocycles. The number of rotatable bonds is 5. The highest BCUT2D eigenvalue weighted by atomic mass is 35.5. The second-order valence-electron chi connectivity index (χ2n) is 7.18. The van der Waals surface area contributed by atoms with E-state index in [0.717, 1.165) is 36.5 Å². The lowest BCUT2D eigenvalue weighted by molar-refractivity contribution is 0.527. The molecule has 0 bridgehead atoms. The van der Waals surface area contributed by atoms with Crippen molar-refractivity contribution in [1.29, 1.82) is 0 Å². The van der Waals surface area contributed by atoms with Crippen LogP contribution in [0.1, 0.15) is 54.6 Å². The first kappa shape index (κ1) is 19.7. The minimum Gasteiger partial charge on any atom is -0.363 e. The number of aryl methyl sites for hydroxylation is 2. The van der Waals surface area contributed by atoms with Crippen molar-refractivity contribution in [3.05, 3.63) is 46.4 Å². The van der Waals surface area contributed by atoms with Gasteiger partial charge in [0.2, 0.25) is 0 Å². The van der Waals surface area contributed by atoms with Crippen LogP contribution in [-0.4, -0.2) is 23.9 Å². The van der Waals surface area contributed by atoms with Gasteiger partial charge in [0.25, 0.3) is 0 Å². The molecule has 4 nitrogen and oxygen atoms in total. The molecule has 138 valence electrons. The van der Waals surface area contributed by atoms with Gasteiger partial charge in [-0.15, -0.1) is 12.4 Å². The normalized spacial score (nSPS) is 16.0. The quantitative estimate of drug-likeness (QED) is 0.869. The van der Waals surface area contributed by atoms with Gasteiger partial charge in [-0.1, -0.05) is 19.9 Å². The summed E-state index contributed by atoms with van der Waals surface area (Å²) < 4.78 is 15.4. The van der Waals surface area contributed by atoms with Crippen LogP contribution in [0.4, 0.5) is 10.2 Å². The molecule has 3 rings (SSSR count). The molecule has 0 radical (unpaired) electrons. The Bertz CT molecular complexity index is 739. The van der Waals surface area contributed by atoms with Crippen LogP contribution in [0.5, 0.6) is 0 Å². The maximum atomic E-state index is 13.4. The number of anilines is 1. The smallest absolute Gasteiger partial charge is 0.130 e. The lowest BCUT2D eigenvalue weighted by Gasteiger charge is -2.19. The standard InChI is InChI=1S/C19H27FN4.ClH/c1-12(2)18-16(19(23(3)4)24(5)22-18)11-21-17-9-6-13-10-14(20)7-8-15(13)17;/h7-8,10,12,17,21H,6,9,11H2,1-5H3;1H. The summed E-state index contributed by atoms with van der Waals surface area (Å²) in [5.41, 5.74) is 4.77. The molecule has 0 fully saturated rings. The summed E-state index contributed by atoms with van der Waals surface area (Å²) in [5.74, 6) is 1.38. The van der Waals surface area contributed by atoms with Crippen molar-refractivity contribution in [3.8, 4) is 0 Å². The summed E-state index contributed by atoms with van der Waals surface area (Å²) in [5, 5.41) is 8.39. The van der Waals surface area contributed by atoms with Crippen molar-refractivity contribution < 1.29 is 4.39 Å². The minimum absolute atomic E-state index is 0. The fourth-order valence-corrected chi connectivity index (χ4v) is 3.80. The summed E-state index contributed by atoms with van der Waals surface area (Å²) in [4.78, 5) is 2.12. The average molecular weight is 367 g/mol. The van der Waals surface area contributed by atoms with E-state index in [4.69, 9.17) is 5.10 Å². The number of hydrogen-bond donors (Lipinski definition) is 1. The van der Waals surface area contributed by atoms with Gasteiger partial charge in [0.05, 0.1) is 5.69 Å². The fourth-order valence-electron chi connectivity index (χ4n) is 3.80. The van der Waals surface area contributed by atoms with Crippen LogP contribution < -0.4 is 10.2 Å². The Morgan fingerprint density at radius 1 is 1.36 bits per heavy atom. The maximum Gasteiger partial charge on any atom is 0.130 e. The predicted molar refractivity (Wildman–Crippen MR) is 103 cm³/mol. The highest BCUT2D eigenvalue weighted by molar-refractivity contribution is 5.85. The highest BCUT2D eigenvalue weighted by Gasteiger charge is 2.25. The molecule has 0 aliphatic heterocycles. The van der Waals surface area contributed by atoms with Crippen molar-refractivity contribution in [3.63, 3.8) is 0 Å². The Hall–Kier alpha value is -1.59. The summed E-state index contributed by atoms with van der Waals surface area (Å²) in [6, 6.07) is 5.45. The largest absolute Gasteiger partial charge is 0.363 e. The molecule has 0 saturated carbocycles. The zero-order chi connectivity index (χ0) is 17.4. The van der Waals surface area contributed by atoms with Crippen molar-refractivity contribution in [2.45, 2.75) is 45.2 Å². The number of nitrogens with zero attached hydrogens (tertiary/aromatic N) is 3. The van der Waals surface area contributed by atoms with Crippen LogP contribution in [0.2, 0.25) is 0 Å². The van der Waals surface area contributed by atoms with Gasteiger partial charge in [0, 0.05) is 39.3 Å². The van der Waals surface area contributed by atoms with E-state index in [-0.39, 0.29) is 24.3 Å². The van der Waals surface area contributed by atoms with E-state index in [0.29, 0.717) is 5.92 Å². The predicted octanol–water partition coefficient (Wildman–Crippen LogP) is 3.95. The summed E-state index contributed by atoms with van der Waals surface area (Å²) in [6.07, 6.45) is 1.96. The maximum absolute atomic E-state index is 13.4. The lowest BCUT2D eigenvalue weighted by atomic mass is 10.0. The average Bonchev–Trinajstić information content (AvgIpc) is 3.05. The first-order valence-electron chi connectivity index (χ1n) is 8.63. The van der Waals surface area contributed by atoms with Gasteiger partial charge in [-0.25, -0.2) is 4.39 Å². The van der Waals surface area contributed by atoms with E-state index in [9.17, 15) is 4.39 Å². The van der Waals surface area contributed by atoms with Crippen molar-refractivity contribution >= 4 is 18.2 Å². The van der Waals surface area contributed by atoms with Gasteiger partial charge in [0.15, 0.2) is 0 Å². The van der Waals surface area contributed by atoms with Crippen LogP contribution in [0.25, 0.3) is 0 Å². The van der Waals surface area contributed by atoms with Crippen molar-refractivity contribution in [1.82, 2.24) is 15.1 Å². The van der Waals surface area contributed by atoms with Gasteiger partial charge < -0.3 is 10.2 Å². The zero-order valence-electron chi connectivity index (χ0n) is 15.6. The van der Waals surface area contributed by atoms with E-state index in [1.54, 1.807) is 12.1 Å². The third-order valence-electron chi connectivity index (χ3n) is 4.82. The third kappa shape index (κ3) is 3.82. The van der Waals surface area contributed by atoms with Crippen LogP contribution in [0, 0.1) is 5.82 Å². The fraction of sp³-hybridized carbons (Fsp3) is 0.526. The number of nitrogens with one attached hydrogen (secondary N) is 1. The number of aromatic nitrogens is 2.